The second-order valence-electron chi connectivity index (χ2n) is 12.4. The van der Waals surface area contributed by atoms with Crippen molar-refractivity contribution in [3.05, 3.63) is 113 Å². The standard InChI is InChI=1S/C38H30N2O7/c1-20-18-29(42)27-19-26-23(32(34(27)35(20)43)24-6-2-4-8-30(24)46-17-16-41)14-15-25-33(26)38(45)40(37(25)44)22-12-10-21(11-13-22)36-39-28-7-3-5-9-31(28)47-36/h2-14,18,25-26,32-33,41H,15-17,19H2,1H3/t25-,26+,32+,33-/m0/s1. The Kier molecular flexibility index (Phi) is 6.88. The van der Waals surface area contributed by atoms with Crippen LogP contribution in [0.2, 0.25) is 0 Å². The van der Waals surface area contributed by atoms with Gasteiger partial charge < -0.3 is 14.3 Å². The average Bonchev–Trinajstić information content (AvgIpc) is 3.64. The Bertz CT molecular complexity index is 2070. The molecule has 4 aromatic rings. The highest BCUT2D eigenvalue weighted by Crippen LogP contribution is 2.56. The molecule has 0 saturated carbocycles. The normalized spacial score (nSPS) is 23.8. The number of fused-ring (bicyclic) bond motifs is 4. The maximum atomic E-state index is 14.3. The van der Waals surface area contributed by atoms with Crippen molar-refractivity contribution in [1.29, 1.82) is 0 Å². The van der Waals surface area contributed by atoms with Crippen LogP contribution < -0.4 is 9.64 Å². The van der Waals surface area contributed by atoms with Crippen LogP contribution in [0.1, 0.15) is 31.2 Å². The molecular weight excluding hydrogens is 596 g/mol. The number of ketones is 2. The minimum atomic E-state index is -0.698. The first-order valence-corrected chi connectivity index (χ1v) is 15.7. The maximum Gasteiger partial charge on any atom is 0.238 e. The van der Waals surface area contributed by atoms with Gasteiger partial charge in [-0.2, -0.15) is 0 Å². The number of para-hydroxylation sites is 3. The quantitative estimate of drug-likeness (QED) is 0.169. The van der Waals surface area contributed by atoms with E-state index in [1.54, 1.807) is 37.3 Å². The Morgan fingerprint density at radius 3 is 2.49 bits per heavy atom. The Balaban J connectivity index is 1.16. The van der Waals surface area contributed by atoms with Crippen molar-refractivity contribution in [3.8, 4) is 17.2 Å². The molecule has 1 aliphatic heterocycles. The van der Waals surface area contributed by atoms with Crippen molar-refractivity contribution >= 4 is 40.2 Å². The SMILES string of the molecule is CC1=CC(=O)C2=C(C1=O)[C@@H](c1ccccc1OCCO)C1=CC[C@@H]3C(=O)N(c4ccc(-c5nc6ccccc6o5)cc4)C(=O)[C@@H]3[C@@H]1C2. The molecule has 0 bridgehead atoms. The van der Waals surface area contributed by atoms with Crippen molar-refractivity contribution in [3.63, 3.8) is 0 Å². The van der Waals surface area contributed by atoms with Gasteiger partial charge in [-0.25, -0.2) is 4.98 Å². The number of benzene rings is 3. The van der Waals surface area contributed by atoms with Gasteiger partial charge in [-0.3, -0.25) is 24.1 Å². The van der Waals surface area contributed by atoms with Crippen LogP contribution >= 0.6 is 0 Å². The van der Waals surface area contributed by atoms with Gasteiger partial charge in [0.25, 0.3) is 0 Å². The Morgan fingerprint density at radius 1 is 0.936 bits per heavy atom. The smallest absolute Gasteiger partial charge is 0.238 e. The van der Waals surface area contributed by atoms with Crippen LogP contribution in [0.25, 0.3) is 22.6 Å². The molecule has 0 radical (unpaired) electrons. The summed E-state index contributed by atoms with van der Waals surface area (Å²) in [7, 11) is 0. The van der Waals surface area contributed by atoms with Gasteiger partial charge >= 0.3 is 0 Å². The second kappa shape index (κ2) is 11.1. The second-order valence-corrected chi connectivity index (χ2v) is 12.4. The van der Waals surface area contributed by atoms with E-state index in [4.69, 9.17) is 9.15 Å². The molecule has 2 amide bonds. The van der Waals surface area contributed by atoms with E-state index in [2.05, 4.69) is 4.98 Å². The summed E-state index contributed by atoms with van der Waals surface area (Å²) >= 11 is 0. The van der Waals surface area contributed by atoms with Gasteiger partial charge in [0.05, 0.1) is 24.1 Å². The fraction of sp³-hybridized carbons (Fsp3) is 0.237. The van der Waals surface area contributed by atoms with Gasteiger partial charge in [0.15, 0.2) is 17.1 Å². The Labute approximate surface area is 269 Å². The molecule has 1 aromatic heterocycles. The number of anilines is 1. The molecule has 1 saturated heterocycles. The van der Waals surface area contributed by atoms with Gasteiger partial charge in [-0.05, 0) is 74.2 Å². The van der Waals surface area contributed by atoms with E-state index in [0.717, 1.165) is 11.1 Å². The van der Waals surface area contributed by atoms with Gasteiger partial charge in [0, 0.05) is 33.8 Å². The van der Waals surface area contributed by atoms with Crippen LogP contribution in [-0.4, -0.2) is 46.7 Å². The summed E-state index contributed by atoms with van der Waals surface area (Å²) in [5, 5.41) is 9.46. The predicted octanol–water partition coefficient (Wildman–Crippen LogP) is 5.50. The van der Waals surface area contributed by atoms with E-state index in [1.165, 1.54) is 11.0 Å². The molecule has 0 unspecified atom stereocenters. The van der Waals surface area contributed by atoms with Crippen molar-refractivity contribution < 1.29 is 33.4 Å². The fourth-order valence-corrected chi connectivity index (χ4v) is 7.73. The molecule has 9 nitrogen and oxygen atoms in total. The number of aliphatic hydroxyl groups excluding tert-OH is 1. The summed E-state index contributed by atoms with van der Waals surface area (Å²) in [6.07, 6.45) is 3.87. The van der Waals surface area contributed by atoms with Crippen LogP contribution in [-0.2, 0) is 19.2 Å². The summed E-state index contributed by atoms with van der Waals surface area (Å²) in [4.78, 5) is 61.2. The number of hydrogen-bond donors (Lipinski definition) is 1. The molecule has 234 valence electrons. The van der Waals surface area contributed by atoms with E-state index in [0.29, 0.717) is 57.2 Å². The minimum absolute atomic E-state index is 0.0573. The number of aliphatic hydroxyl groups is 1. The fourth-order valence-electron chi connectivity index (χ4n) is 7.73. The highest BCUT2D eigenvalue weighted by molar-refractivity contribution is 6.25. The number of rotatable bonds is 6. The van der Waals surface area contributed by atoms with Gasteiger partial charge in [0.1, 0.15) is 17.9 Å². The summed E-state index contributed by atoms with van der Waals surface area (Å²) in [6, 6.07) is 21.8. The summed E-state index contributed by atoms with van der Waals surface area (Å²) in [6.45, 7) is 1.50. The highest BCUT2D eigenvalue weighted by Gasteiger charge is 2.56. The van der Waals surface area contributed by atoms with Crippen LogP contribution in [0.3, 0.4) is 0 Å². The zero-order valence-corrected chi connectivity index (χ0v) is 25.5. The van der Waals surface area contributed by atoms with Gasteiger partial charge in [0.2, 0.25) is 17.7 Å². The third-order valence-corrected chi connectivity index (χ3v) is 9.81. The third-order valence-electron chi connectivity index (χ3n) is 9.81. The largest absolute Gasteiger partial charge is 0.491 e. The number of carbonyl (C=O) groups excluding carboxylic acids is 4. The highest BCUT2D eigenvalue weighted by atomic mass is 16.5. The lowest BCUT2D eigenvalue weighted by Gasteiger charge is -2.42. The van der Waals surface area contributed by atoms with Crippen LogP contribution in [0.4, 0.5) is 5.69 Å². The lowest BCUT2D eigenvalue weighted by atomic mass is 9.59. The van der Waals surface area contributed by atoms with Gasteiger partial charge in [-0.1, -0.05) is 42.0 Å². The van der Waals surface area contributed by atoms with E-state index >= 15 is 0 Å². The van der Waals surface area contributed by atoms with Crippen molar-refractivity contribution in [2.45, 2.75) is 25.7 Å². The zero-order valence-electron chi connectivity index (χ0n) is 25.5. The number of ether oxygens (including phenoxy) is 1. The molecule has 3 aromatic carbocycles. The monoisotopic (exact) mass is 626 g/mol. The molecule has 3 aliphatic carbocycles. The first kappa shape index (κ1) is 29.0. The molecule has 9 heteroatoms. The Morgan fingerprint density at radius 2 is 1.70 bits per heavy atom. The molecule has 8 rings (SSSR count). The lowest BCUT2D eigenvalue weighted by molar-refractivity contribution is -0.123. The molecular formula is C38H30N2O7. The number of aromatic nitrogens is 1. The summed E-state index contributed by atoms with van der Waals surface area (Å²) < 4.78 is 11.8. The number of Topliss-reactive ketones (excluding diaryl/α,β-unsaturated/α-hetero) is 1. The third kappa shape index (κ3) is 4.52. The topological polar surface area (TPSA) is 127 Å². The van der Waals surface area contributed by atoms with Crippen molar-refractivity contribution in [2.75, 3.05) is 18.1 Å². The van der Waals surface area contributed by atoms with E-state index in [9.17, 15) is 24.3 Å². The molecule has 2 heterocycles. The van der Waals surface area contributed by atoms with Crippen molar-refractivity contribution in [1.82, 2.24) is 4.98 Å². The number of hydrogen-bond acceptors (Lipinski definition) is 8. The molecule has 1 fully saturated rings. The number of allylic oxidation sites excluding steroid dienone is 6. The summed E-state index contributed by atoms with van der Waals surface area (Å²) in [5.74, 6) is -2.52. The molecule has 1 N–H and O–H groups in total. The molecule has 47 heavy (non-hydrogen) atoms. The van der Waals surface area contributed by atoms with Crippen LogP contribution in [0, 0.1) is 17.8 Å². The number of carbonyl (C=O) groups is 4. The maximum absolute atomic E-state index is 14.3. The molecule has 4 atom stereocenters. The van der Waals surface area contributed by atoms with Crippen molar-refractivity contribution in [2.24, 2.45) is 17.8 Å². The number of oxazole rings is 1. The van der Waals surface area contributed by atoms with E-state index < -0.39 is 23.7 Å². The number of amides is 2. The van der Waals surface area contributed by atoms with Gasteiger partial charge in [-0.15, -0.1) is 0 Å². The predicted molar refractivity (Wildman–Crippen MR) is 172 cm³/mol. The molecule has 0 spiro atoms. The lowest BCUT2D eigenvalue weighted by Crippen LogP contribution is -2.40. The van der Waals surface area contributed by atoms with Crippen LogP contribution in [0.5, 0.6) is 5.75 Å². The first-order chi connectivity index (χ1) is 22.9. The number of imide groups is 1. The number of nitrogens with zero attached hydrogens (tertiary/aromatic N) is 2. The molecule has 4 aliphatic rings. The Hall–Kier alpha value is -5.41. The van der Waals surface area contributed by atoms with E-state index in [1.807, 2.05) is 48.5 Å². The van der Waals surface area contributed by atoms with Crippen LogP contribution in [0.15, 0.2) is 112 Å². The van der Waals surface area contributed by atoms with E-state index in [-0.39, 0.29) is 43.0 Å². The zero-order chi connectivity index (χ0) is 32.4. The summed E-state index contributed by atoms with van der Waals surface area (Å²) in [5.41, 5.74) is 5.24. The average molecular weight is 627 g/mol. The first-order valence-electron chi connectivity index (χ1n) is 15.7. The minimum Gasteiger partial charge on any atom is -0.491 e.